The van der Waals surface area contributed by atoms with Gasteiger partial charge < -0.3 is 4.74 Å². The van der Waals surface area contributed by atoms with E-state index in [4.69, 9.17) is 14.5 Å². The topological polar surface area (TPSA) is 27.7 Å². The van der Waals surface area contributed by atoms with Gasteiger partial charge in [-0.2, -0.15) is 0 Å². The van der Waals surface area contributed by atoms with E-state index in [0.717, 1.165) is 39.3 Å². The summed E-state index contributed by atoms with van der Waals surface area (Å²) in [5, 5.41) is 0. The van der Waals surface area contributed by atoms with Crippen LogP contribution in [0, 0.1) is 0 Å². The molecule has 0 radical (unpaired) electrons. The van der Waals surface area contributed by atoms with Crippen molar-refractivity contribution in [2.45, 2.75) is 66.2 Å². The van der Waals surface area contributed by atoms with Crippen molar-refractivity contribution in [3.05, 3.63) is 0 Å². The van der Waals surface area contributed by atoms with Gasteiger partial charge in [0.25, 0.3) is 0 Å². The van der Waals surface area contributed by atoms with Crippen molar-refractivity contribution in [1.82, 2.24) is 0 Å². The first kappa shape index (κ1) is 19.2. The maximum atomic E-state index is 4.98. The van der Waals surface area contributed by atoms with E-state index in [1.54, 1.807) is 0 Å². The van der Waals surface area contributed by atoms with Gasteiger partial charge >= 0.3 is 0 Å². The van der Waals surface area contributed by atoms with Gasteiger partial charge in [0.05, 0.1) is 13.2 Å². The Labute approximate surface area is 108 Å². The minimum Gasteiger partial charge on any atom is -0.382 e. The van der Waals surface area contributed by atoms with Gasteiger partial charge in [0.2, 0.25) is 0 Å². The van der Waals surface area contributed by atoms with E-state index in [0.29, 0.717) is 0 Å². The highest BCUT2D eigenvalue weighted by molar-refractivity contribution is 4.34. The number of hydrogen-bond donors (Lipinski definition) is 0. The standard InChI is InChI=1S/C10H22O2.C4H10O/c1-3-5-7-9-11-12-10-8-6-4-2;1-3-5-4-2/h3-10H2,1-2H3;3-4H2,1-2H3. The van der Waals surface area contributed by atoms with Gasteiger partial charge in [0.15, 0.2) is 0 Å². The Morgan fingerprint density at radius 3 is 1.24 bits per heavy atom. The monoisotopic (exact) mass is 248 g/mol. The number of unbranched alkanes of at least 4 members (excludes halogenated alkanes) is 4. The third kappa shape index (κ3) is 25.8. The van der Waals surface area contributed by atoms with Crippen LogP contribution in [0.4, 0.5) is 0 Å². The Bertz CT molecular complexity index is 95.6. The molecular weight excluding hydrogens is 216 g/mol. The van der Waals surface area contributed by atoms with Gasteiger partial charge in [-0.3, -0.25) is 0 Å². The normalized spacial score (nSPS) is 9.88. The number of rotatable bonds is 11. The summed E-state index contributed by atoms with van der Waals surface area (Å²) in [4.78, 5) is 9.96. The molecule has 106 valence electrons. The second-order valence-corrected chi connectivity index (χ2v) is 3.84. The minimum atomic E-state index is 0.750. The maximum Gasteiger partial charge on any atom is 0.0822 e. The molecule has 0 amide bonds. The van der Waals surface area contributed by atoms with Crippen LogP contribution in [0.1, 0.15) is 66.2 Å². The fourth-order valence-corrected chi connectivity index (χ4v) is 1.14. The average Bonchev–Trinajstić information content (AvgIpc) is 2.34. The first-order valence-corrected chi connectivity index (χ1v) is 7.15. The molecule has 0 aliphatic carbocycles. The SMILES string of the molecule is CCCCCOOCCCCC.CCOCC. The molecule has 0 aliphatic heterocycles. The van der Waals surface area contributed by atoms with Crippen LogP contribution in [-0.4, -0.2) is 26.4 Å². The third-order valence-electron chi connectivity index (χ3n) is 2.15. The average molecular weight is 248 g/mol. The van der Waals surface area contributed by atoms with E-state index in [1.165, 1.54) is 25.7 Å². The third-order valence-corrected chi connectivity index (χ3v) is 2.15. The van der Waals surface area contributed by atoms with Crippen molar-refractivity contribution >= 4 is 0 Å². The zero-order chi connectivity index (χ0) is 13.2. The first-order chi connectivity index (χ1) is 8.33. The zero-order valence-corrected chi connectivity index (χ0v) is 12.3. The van der Waals surface area contributed by atoms with Crippen LogP contribution in [0.5, 0.6) is 0 Å². The Hall–Kier alpha value is -0.120. The number of hydrogen-bond acceptors (Lipinski definition) is 3. The van der Waals surface area contributed by atoms with E-state index in [2.05, 4.69) is 13.8 Å². The molecule has 3 heteroatoms. The van der Waals surface area contributed by atoms with E-state index in [9.17, 15) is 0 Å². The molecule has 0 heterocycles. The maximum absolute atomic E-state index is 4.98. The van der Waals surface area contributed by atoms with E-state index >= 15 is 0 Å². The molecule has 0 rings (SSSR count). The van der Waals surface area contributed by atoms with Crippen LogP contribution in [-0.2, 0) is 14.5 Å². The Morgan fingerprint density at radius 2 is 1.00 bits per heavy atom. The second-order valence-electron chi connectivity index (χ2n) is 3.84. The molecule has 0 aliphatic rings. The summed E-state index contributed by atoms with van der Waals surface area (Å²) in [5.41, 5.74) is 0. The summed E-state index contributed by atoms with van der Waals surface area (Å²) in [7, 11) is 0. The molecule has 0 spiro atoms. The summed E-state index contributed by atoms with van der Waals surface area (Å²) in [6, 6.07) is 0. The van der Waals surface area contributed by atoms with Gasteiger partial charge in [0, 0.05) is 13.2 Å². The molecule has 0 aromatic carbocycles. The van der Waals surface area contributed by atoms with Crippen LogP contribution in [0.25, 0.3) is 0 Å². The molecule has 3 nitrogen and oxygen atoms in total. The Kier molecular flexibility index (Phi) is 24.0. The highest BCUT2D eigenvalue weighted by Crippen LogP contribution is 1.97. The van der Waals surface area contributed by atoms with Crippen LogP contribution in [0.15, 0.2) is 0 Å². The molecule has 0 aromatic heterocycles. The van der Waals surface area contributed by atoms with Crippen molar-refractivity contribution in [2.24, 2.45) is 0 Å². The van der Waals surface area contributed by atoms with E-state index in [-0.39, 0.29) is 0 Å². The zero-order valence-electron chi connectivity index (χ0n) is 12.3. The summed E-state index contributed by atoms with van der Waals surface area (Å²) >= 11 is 0. The molecule has 17 heavy (non-hydrogen) atoms. The summed E-state index contributed by atoms with van der Waals surface area (Å²) in [5.74, 6) is 0. The Balaban J connectivity index is 0. The van der Waals surface area contributed by atoms with Crippen molar-refractivity contribution in [3.8, 4) is 0 Å². The summed E-state index contributed by atoms with van der Waals surface area (Å²) in [6.45, 7) is 11.5. The van der Waals surface area contributed by atoms with Crippen molar-refractivity contribution in [3.63, 3.8) is 0 Å². The predicted molar refractivity (Wildman–Crippen MR) is 73.1 cm³/mol. The van der Waals surface area contributed by atoms with E-state index in [1.807, 2.05) is 13.8 Å². The highest BCUT2D eigenvalue weighted by Gasteiger charge is 1.89. The minimum absolute atomic E-state index is 0.750. The molecular formula is C14H32O3. The summed E-state index contributed by atoms with van der Waals surface area (Å²) in [6.07, 6.45) is 7.17. The van der Waals surface area contributed by atoms with Crippen LogP contribution in [0.3, 0.4) is 0 Å². The van der Waals surface area contributed by atoms with Gasteiger partial charge in [-0.25, -0.2) is 9.78 Å². The molecule has 0 bridgehead atoms. The van der Waals surface area contributed by atoms with Crippen molar-refractivity contribution in [1.29, 1.82) is 0 Å². The smallest absolute Gasteiger partial charge is 0.0822 e. The summed E-state index contributed by atoms with van der Waals surface area (Å²) < 4.78 is 4.83. The first-order valence-electron chi connectivity index (χ1n) is 7.15. The lowest BCUT2D eigenvalue weighted by molar-refractivity contribution is -0.295. The van der Waals surface area contributed by atoms with Gasteiger partial charge in [-0.05, 0) is 26.7 Å². The fraction of sp³-hybridized carbons (Fsp3) is 1.00. The van der Waals surface area contributed by atoms with Gasteiger partial charge in [-0.1, -0.05) is 39.5 Å². The van der Waals surface area contributed by atoms with Crippen molar-refractivity contribution in [2.75, 3.05) is 26.4 Å². The molecule has 0 saturated heterocycles. The van der Waals surface area contributed by atoms with E-state index < -0.39 is 0 Å². The molecule has 0 aromatic rings. The molecule has 0 atom stereocenters. The van der Waals surface area contributed by atoms with Crippen LogP contribution in [0.2, 0.25) is 0 Å². The quantitative estimate of drug-likeness (QED) is 0.309. The lowest BCUT2D eigenvalue weighted by atomic mass is 10.3. The van der Waals surface area contributed by atoms with Gasteiger partial charge in [0.1, 0.15) is 0 Å². The largest absolute Gasteiger partial charge is 0.382 e. The molecule has 0 saturated carbocycles. The molecule has 0 unspecified atom stereocenters. The van der Waals surface area contributed by atoms with Crippen LogP contribution >= 0.6 is 0 Å². The fourth-order valence-electron chi connectivity index (χ4n) is 1.14. The van der Waals surface area contributed by atoms with Crippen molar-refractivity contribution < 1.29 is 14.5 Å². The van der Waals surface area contributed by atoms with Gasteiger partial charge in [-0.15, -0.1) is 0 Å². The van der Waals surface area contributed by atoms with Crippen LogP contribution < -0.4 is 0 Å². The molecule has 0 fully saturated rings. The second kappa shape index (κ2) is 21.2. The lowest BCUT2D eigenvalue weighted by Crippen LogP contribution is -1.98. The highest BCUT2D eigenvalue weighted by atomic mass is 17.2. The number of ether oxygens (including phenoxy) is 1. The molecule has 0 N–H and O–H groups in total. The Morgan fingerprint density at radius 1 is 0.588 bits per heavy atom. The lowest BCUT2D eigenvalue weighted by Gasteiger charge is -2.02. The predicted octanol–water partition coefficient (Wildman–Crippen LogP) is 4.36.